The summed E-state index contributed by atoms with van der Waals surface area (Å²) in [7, 11) is 0. The van der Waals surface area contributed by atoms with Crippen molar-refractivity contribution in [3.63, 3.8) is 0 Å². The predicted octanol–water partition coefficient (Wildman–Crippen LogP) is 2.29. The van der Waals surface area contributed by atoms with Crippen LogP contribution < -0.4 is 5.73 Å². The maximum Gasteiger partial charge on any atom is 0.0832 e. The Bertz CT molecular complexity index is 476. The third kappa shape index (κ3) is 2.03. The van der Waals surface area contributed by atoms with E-state index in [4.69, 9.17) is 17.3 Å². The van der Waals surface area contributed by atoms with Crippen LogP contribution in [0.3, 0.4) is 0 Å². The number of hydrogen-bond donors (Lipinski definition) is 1. The predicted molar refractivity (Wildman–Crippen MR) is 61.2 cm³/mol. The molecule has 0 atom stereocenters. The fourth-order valence-corrected chi connectivity index (χ4v) is 1.72. The SMILES string of the molecule is Cc1ccc(-n2ccc(CN)n2)c(Cl)c1. The van der Waals surface area contributed by atoms with Crippen LogP contribution in [0.2, 0.25) is 5.02 Å². The van der Waals surface area contributed by atoms with Gasteiger partial charge in [-0.15, -0.1) is 0 Å². The van der Waals surface area contributed by atoms with E-state index in [1.165, 1.54) is 0 Å². The Hall–Kier alpha value is -1.32. The van der Waals surface area contributed by atoms with Gasteiger partial charge in [-0.2, -0.15) is 5.10 Å². The zero-order valence-electron chi connectivity index (χ0n) is 8.44. The minimum atomic E-state index is 0.441. The lowest BCUT2D eigenvalue weighted by atomic mass is 10.2. The average molecular weight is 222 g/mol. The van der Waals surface area contributed by atoms with Crippen molar-refractivity contribution in [2.75, 3.05) is 0 Å². The Morgan fingerprint density at radius 1 is 1.40 bits per heavy atom. The Balaban J connectivity index is 2.44. The molecule has 78 valence electrons. The lowest BCUT2D eigenvalue weighted by Gasteiger charge is -2.04. The summed E-state index contributed by atoms with van der Waals surface area (Å²) in [6.45, 7) is 2.44. The lowest BCUT2D eigenvalue weighted by Crippen LogP contribution is -2.00. The Morgan fingerprint density at radius 3 is 2.80 bits per heavy atom. The number of nitrogens with two attached hydrogens (primary N) is 1. The van der Waals surface area contributed by atoms with Gasteiger partial charge < -0.3 is 5.73 Å². The van der Waals surface area contributed by atoms with Crippen molar-refractivity contribution in [3.05, 3.63) is 46.7 Å². The van der Waals surface area contributed by atoms with Crippen molar-refractivity contribution >= 4 is 11.6 Å². The Labute approximate surface area is 93.5 Å². The first kappa shape index (κ1) is 10.2. The van der Waals surface area contributed by atoms with E-state index < -0.39 is 0 Å². The summed E-state index contributed by atoms with van der Waals surface area (Å²) in [5.41, 5.74) is 8.36. The third-order valence-electron chi connectivity index (χ3n) is 2.20. The second-order valence-electron chi connectivity index (χ2n) is 3.41. The first-order valence-corrected chi connectivity index (χ1v) is 5.09. The normalized spacial score (nSPS) is 10.6. The molecule has 0 fully saturated rings. The molecule has 1 aromatic heterocycles. The minimum absolute atomic E-state index is 0.441. The highest BCUT2D eigenvalue weighted by molar-refractivity contribution is 6.32. The average Bonchev–Trinajstić information content (AvgIpc) is 2.66. The molecule has 0 spiro atoms. The monoisotopic (exact) mass is 221 g/mol. The number of nitrogens with zero attached hydrogens (tertiary/aromatic N) is 2. The highest BCUT2D eigenvalue weighted by Crippen LogP contribution is 2.21. The molecule has 0 unspecified atom stereocenters. The van der Waals surface area contributed by atoms with Gasteiger partial charge in [0.25, 0.3) is 0 Å². The van der Waals surface area contributed by atoms with Crippen molar-refractivity contribution in [2.45, 2.75) is 13.5 Å². The van der Waals surface area contributed by atoms with Crippen molar-refractivity contribution < 1.29 is 0 Å². The van der Waals surface area contributed by atoms with Gasteiger partial charge in [-0.3, -0.25) is 0 Å². The summed E-state index contributed by atoms with van der Waals surface area (Å²) in [5.74, 6) is 0. The molecular formula is C11H12ClN3. The van der Waals surface area contributed by atoms with E-state index >= 15 is 0 Å². The van der Waals surface area contributed by atoms with Gasteiger partial charge in [-0.05, 0) is 30.7 Å². The summed E-state index contributed by atoms with van der Waals surface area (Å²) < 4.78 is 1.74. The quantitative estimate of drug-likeness (QED) is 0.846. The van der Waals surface area contributed by atoms with Crippen LogP contribution in [0, 0.1) is 6.92 Å². The maximum absolute atomic E-state index is 6.12. The summed E-state index contributed by atoms with van der Waals surface area (Å²) in [5, 5.41) is 4.99. The van der Waals surface area contributed by atoms with Gasteiger partial charge in [0.15, 0.2) is 0 Å². The van der Waals surface area contributed by atoms with E-state index in [1.54, 1.807) is 4.68 Å². The topological polar surface area (TPSA) is 43.8 Å². The molecule has 0 radical (unpaired) electrons. The number of benzene rings is 1. The van der Waals surface area contributed by atoms with Crippen LogP contribution >= 0.6 is 11.6 Å². The standard InChI is InChI=1S/C11H12ClN3/c1-8-2-3-11(10(12)6-8)15-5-4-9(7-13)14-15/h2-6H,7,13H2,1H3. The highest BCUT2D eigenvalue weighted by Gasteiger charge is 2.04. The number of halogens is 1. The lowest BCUT2D eigenvalue weighted by molar-refractivity contribution is 0.833. The molecule has 2 rings (SSSR count). The molecule has 1 heterocycles. The molecular weight excluding hydrogens is 210 g/mol. The van der Waals surface area contributed by atoms with Gasteiger partial charge in [-0.25, -0.2) is 4.68 Å². The van der Waals surface area contributed by atoms with Crippen molar-refractivity contribution in [1.29, 1.82) is 0 Å². The first-order valence-electron chi connectivity index (χ1n) is 4.72. The van der Waals surface area contributed by atoms with Gasteiger partial charge in [-0.1, -0.05) is 17.7 Å². The molecule has 0 saturated carbocycles. The molecule has 4 heteroatoms. The molecule has 0 aliphatic rings. The zero-order valence-corrected chi connectivity index (χ0v) is 9.20. The second kappa shape index (κ2) is 4.04. The van der Waals surface area contributed by atoms with Crippen LogP contribution in [-0.2, 0) is 6.54 Å². The van der Waals surface area contributed by atoms with Crippen LogP contribution in [0.15, 0.2) is 30.5 Å². The highest BCUT2D eigenvalue weighted by atomic mass is 35.5. The summed E-state index contributed by atoms with van der Waals surface area (Å²) in [6.07, 6.45) is 1.86. The van der Waals surface area contributed by atoms with E-state index in [-0.39, 0.29) is 0 Å². The minimum Gasteiger partial charge on any atom is -0.325 e. The Morgan fingerprint density at radius 2 is 2.20 bits per heavy atom. The van der Waals surface area contributed by atoms with E-state index in [9.17, 15) is 0 Å². The van der Waals surface area contributed by atoms with E-state index in [0.29, 0.717) is 11.6 Å². The first-order chi connectivity index (χ1) is 7.20. The van der Waals surface area contributed by atoms with Crippen LogP contribution in [0.5, 0.6) is 0 Å². The van der Waals surface area contributed by atoms with Crippen LogP contribution in [0.25, 0.3) is 5.69 Å². The molecule has 0 aliphatic carbocycles. The fraction of sp³-hybridized carbons (Fsp3) is 0.182. The van der Waals surface area contributed by atoms with Gasteiger partial charge in [0.2, 0.25) is 0 Å². The molecule has 0 saturated heterocycles. The number of hydrogen-bond acceptors (Lipinski definition) is 2. The zero-order chi connectivity index (χ0) is 10.8. The van der Waals surface area contributed by atoms with Gasteiger partial charge in [0, 0.05) is 12.7 Å². The smallest absolute Gasteiger partial charge is 0.0832 e. The Kier molecular flexibility index (Phi) is 2.75. The van der Waals surface area contributed by atoms with E-state index in [1.807, 2.05) is 37.4 Å². The molecule has 3 nitrogen and oxygen atoms in total. The molecule has 1 aromatic carbocycles. The van der Waals surface area contributed by atoms with E-state index in [2.05, 4.69) is 5.10 Å². The number of rotatable bonds is 2. The van der Waals surface area contributed by atoms with Crippen molar-refractivity contribution in [2.24, 2.45) is 5.73 Å². The largest absolute Gasteiger partial charge is 0.325 e. The summed E-state index contributed by atoms with van der Waals surface area (Å²) >= 11 is 6.12. The molecule has 15 heavy (non-hydrogen) atoms. The number of aromatic nitrogens is 2. The summed E-state index contributed by atoms with van der Waals surface area (Å²) in [6, 6.07) is 7.76. The molecule has 0 aliphatic heterocycles. The summed E-state index contributed by atoms with van der Waals surface area (Å²) in [4.78, 5) is 0. The van der Waals surface area contributed by atoms with Gasteiger partial charge in [0.1, 0.15) is 0 Å². The van der Waals surface area contributed by atoms with Gasteiger partial charge in [0.05, 0.1) is 16.4 Å². The molecule has 2 aromatic rings. The molecule has 0 bridgehead atoms. The van der Waals surface area contributed by atoms with Crippen LogP contribution in [0.1, 0.15) is 11.3 Å². The second-order valence-corrected chi connectivity index (χ2v) is 3.82. The van der Waals surface area contributed by atoms with Gasteiger partial charge >= 0.3 is 0 Å². The number of aryl methyl sites for hydroxylation is 1. The fourth-order valence-electron chi connectivity index (χ4n) is 1.40. The van der Waals surface area contributed by atoms with E-state index in [0.717, 1.165) is 16.9 Å². The third-order valence-corrected chi connectivity index (χ3v) is 2.51. The molecule has 0 amide bonds. The molecule has 2 N–H and O–H groups in total. The van der Waals surface area contributed by atoms with Crippen molar-refractivity contribution in [3.8, 4) is 5.69 Å². The van der Waals surface area contributed by atoms with Crippen molar-refractivity contribution in [1.82, 2.24) is 9.78 Å². The van der Waals surface area contributed by atoms with Crippen LogP contribution in [0.4, 0.5) is 0 Å². The maximum atomic E-state index is 6.12. The van der Waals surface area contributed by atoms with Crippen LogP contribution in [-0.4, -0.2) is 9.78 Å².